The van der Waals surface area contributed by atoms with Crippen molar-refractivity contribution >= 4 is 12.3 Å². The second-order valence-corrected chi connectivity index (χ2v) is 6.58. The summed E-state index contributed by atoms with van der Waals surface area (Å²) in [5, 5.41) is 5.67. The van der Waals surface area contributed by atoms with Crippen molar-refractivity contribution in [3.05, 3.63) is 18.2 Å². The Hall–Kier alpha value is -1.85. The van der Waals surface area contributed by atoms with Crippen LogP contribution in [0, 0.1) is 11.8 Å². The summed E-state index contributed by atoms with van der Waals surface area (Å²) in [6.07, 6.45) is 6.06. The van der Waals surface area contributed by atoms with E-state index >= 15 is 0 Å². The van der Waals surface area contributed by atoms with Gasteiger partial charge in [-0.1, -0.05) is 27.7 Å². The van der Waals surface area contributed by atoms with Crippen LogP contribution in [-0.4, -0.2) is 34.4 Å². The van der Waals surface area contributed by atoms with Crippen LogP contribution < -0.4 is 10.6 Å². The molecule has 1 heterocycles. The van der Waals surface area contributed by atoms with Crippen molar-refractivity contribution < 1.29 is 9.59 Å². The monoisotopic (exact) mass is 308 g/mol. The molecule has 1 aromatic heterocycles. The van der Waals surface area contributed by atoms with Crippen molar-refractivity contribution in [2.45, 2.75) is 59.0 Å². The molecule has 124 valence electrons. The Kier molecular flexibility index (Phi) is 7.63. The van der Waals surface area contributed by atoms with E-state index in [-0.39, 0.29) is 11.9 Å². The van der Waals surface area contributed by atoms with E-state index in [4.69, 9.17) is 0 Å². The normalized spacial score (nSPS) is 12.7. The Balaban J connectivity index is 2.67. The highest BCUT2D eigenvalue weighted by molar-refractivity contribution is 5.84. The van der Waals surface area contributed by atoms with E-state index in [0.29, 0.717) is 24.7 Å². The lowest BCUT2D eigenvalue weighted by Gasteiger charge is -2.25. The summed E-state index contributed by atoms with van der Waals surface area (Å²) in [6, 6.07) is -0.454. The van der Waals surface area contributed by atoms with Gasteiger partial charge >= 0.3 is 0 Å². The SMILES string of the molecule is CC(C)CC(CC(C)C)NC(=O)[C@H](Cc1cnc[nH]1)NC=O. The van der Waals surface area contributed by atoms with Crippen molar-refractivity contribution in [2.24, 2.45) is 11.8 Å². The first kappa shape index (κ1) is 18.2. The van der Waals surface area contributed by atoms with Gasteiger partial charge in [-0.3, -0.25) is 9.59 Å². The highest BCUT2D eigenvalue weighted by Gasteiger charge is 2.23. The molecule has 0 radical (unpaired) electrons. The first-order chi connectivity index (χ1) is 10.4. The molecule has 0 bridgehead atoms. The number of rotatable bonds is 10. The summed E-state index contributed by atoms with van der Waals surface area (Å²) in [6.45, 7) is 8.58. The van der Waals surface area contributed by atoms with Gasteiger partial charge in [0.2, 0.25) is 12.3 Å². The molecule has 0 aliphatic rings. The lowest BCUT2D eigenvalue weighted by Crippen LogP contribution is -2.49. The third-order valence-electron chi connectivity index (χ3n) is 3.42. The zero-order valence-corrected chi connectivity index (χ0v) is 13.9. The quantitative estimate of drug-likeness (QED) is 0.574. The fraction of sp³-hybridized carbons (Fsp3) is 0.688. The van der Waals surface area contributed by atoms with E-state index in [1.165, 1.54) is 0 Å². The van der Waals surface area contributed by atoms with Crippen LogP contribution in [0.4, 0.5) is 0 Å². The lowest BCUT2D eigenvalue weighted by atomic mass is 9.95. The summed E-state index contributed by atoms with van der Waals surface area (Å²) < 4.78 is 0. The van der Waals surface area contributed by atoms with Crippen molar-refractivity contribution in [2.75, 3.05) is 0 Å². The summed E-state index contributed by atoms with van der Waals surface area (Å²) in [5.74, 6) is 0.872. The van der Waals surface area contributed by atoms with E-state index in [1.54, 1.807) is 12.5 Å². The molecule has 1 atom stereocenters. The maximum absolute atomic E-state index is 12.5. The Bertz CT molecular complexity index is 433. The molecule has 1 rings (SSSR count). The van der Waals surface area contributed by atoms with E-state index in [9.17, 15) is 9.59 Å². The molecular formula is C16H28N4O2. The van der Waals surface area contributed by atoms with Crippen molar-refractivity contribution in [1.82, 2.24) is 20.6 Å². The second kappa shape index (κ2) is 9.23. The van der Waals surface area contributed by atoms with Gasteiger partial charge in [-0.25, -0.2) is 4.98 Å². The number of carbonyl (C=O) groups excluding carboxylic acids is 2. The average Bonchev–Trinajstić information content (AvgIpc) is 2.89. The molecule has 0 spiro atoms. The number of hydrogen-bond acceptors (Lipinski definition) is 3. The number of amides is 2. The number of carbonyl (C=O) groups is 2. The van der Waals surface area contributed by atoms with Crippen LogP contribution in [0.15, 0.2) is 12.5 Å². The van der Waals surface area contributed by atoms with Gasteiger partial charge in [-0.2, -0.15) is 0 Å². The zero-order valence-electron chi connectivity index (χ0n) is 13.9. The van der Waals surface area contributed by atoms with Crippen LogP contribution >= 0.6 is 0 Å². The number of nitrogens with zero attached hydrogens (tertiary/aromatic N) is 1. The molecule has 0 fully saturated rings. The molecule has 1 aromatic rings. The smallest absolute Gasteiger partial charge is 0.243 e. The molecular weight excluding hydrogens is 280 g/mol. The fourth-order valence-corrected chi connectivity index (χ4v) is 2.58. The number of aromatic nitrogens is 2. The first-order valence-corrected chi connectivity index (χ1v) is 7.89. The van der Waals surface area contributed by atoms with Crippen LogP contribution in [0.3, 0.4) is 0 Å². The minimum atomic E-state index is -0.584. The molecule has 0 saturated carbocycles. The van der Waals surface area contributed by atoms with Crippen LogP contribution in [0.2, 0.25) is 0 Å². The van der Waals surface area contributed by atoms with Gasteiger partial charge in [0.25, 0.3) is 0 Å². The van der Waals surface area contributed by atoms with Gasteiger partial charge in [0.1, 0.15) is 6.04 Å². The minimum absolute atomic E-state index is 0.130. The highest BCUT2D eigenvalue weighted by Crippen LogP contribution is 2.13. The topological polar surface area (TPSA) is 86.9 Å². The second-order valence-electron chi connectivity index (χ2n) is 6.58. The maximum atomic E-state index is 12.5. The summed E-state index contributed by atoms with van der Waals surface area (Å²) in [4.78, 5) is 30.1. The summed E-state index contributed by atoms with van der Waals surface area (Å²) in [7, 11) is 0. The van der Waals surface area contributed by atoms with Crippen molar-refractivity contribution in [1.29, 1.82) is 0 Å². The third-order valence-corrected chi connectivity index (χ3v) is 3.42. The van der Waals surface area contributed by atoms with Crippen LogP contribution in [0.25, 0.3) is 0 Å². The molecule has 0 aliphatic heterocycles. The number of hydrogen-bond donors (Lipinski definition) is 3. The van der Waals surface area contributed by atoms with Crippen LogP contribution in [0.1, 0.15) is 46.2 Å². The molecule has 0 unspecified atom stereocenters. The standard InChI is InChI=1S/C16H28N4O2/c1-11(2)5-13(6-12(3)4)20-16(22)15(19-10-21)7-14-8-17-9-18-14/h8-13,15H,5-7H2,1-4H3,(H,17,18)(H,19,21)(H,20,22)/t15-/m0/s1. The number of nitrogens with one attached hydrogen (secondary N) is 3. The maximum Gasteiger partial charge on any atom is 0.243 e. The van der Waals surface area contributed by atoms with Gasteiger partial charge in [0, 0.05) is 24.4 Å². The van der Waals surface area contributed by atoms with E-state index < -0.39 is 6.04 Å². The molecule has 0 aliphatic carbocycles. The largest absolute Gasteiger partial charge is 0.352 e. The fourth-order valence-electron chi connectivity index (χ4n) is 2.58. The lowest BCUT2D eigenvalue weighted by molar-refractivity contribution is -0.126. The molecule has 22 heavy (non-hydrogen) atoms. The molecule has 0 aromatic carbocycles. The predicted molar refractivity (Wildman–Crippen MR) is 86.1 cm³/mol. The Morgan fingerprint density at radius 3 is 2.36 bits per heavy atom. The van der Waals surface area contributed by atoms with Crippen LogP contribution in [-0.2, 0) is 16.0 Å². The summed E-state index contributed by atoms with van der Waals surface area (Å²) in [5.41, 5.74) is 0.818. The summed E-state index contributed by atoms with van der Waals surface area (Å²) >= 11 is 0. The van der Waals surface area contributed by atoms with Crippen molar-refractivity contribution in [3.8, 4) is 0 Å². The Labute approximate surface area is 132 Å². The first-order valence-electron chi connectivity index (χ1n) is 7.89. The number of H-pyrrole nitrogens is 1. The van der Waals surface area contributed by atoms with E-state index in [1.807, 2.05) is 0 Å². The highest BCUT2D eigenvalue weighted by atomic mass is 16.2. The third kappa shape index (κ3) is 6.74. The zero-order chi connectivity index (χ0) is 16.5. The molecule has 6 heteroatoms. The molecule has 0 saturated heterocycles. The van der Waals surface area contributed by atoms with E-state index in [0.717, 1.165) is 18.5 Å². The predicted octanol–water partition coefficient (Wildman–Crippen LogP) is 1.64. The van der Waals surface area contributed by atoms with Gasteiger partial charge in [-0.05, 0) is 24.7 Å². The number of imidazole rings is 1. The van der Waals surface area contributed by atoms with Crippen LogP contribution in [0.5, 0.6) is 0 Å². The van der Waals surface area contributed by atoms with Gasteiger partial charge in [-0.15, -0.1) is 0 Å². The Morgan fingerprint density at radius 2 is 1.91 bits per heavy atom. The molecule has 6 nitrogen and oxygen atoms in total. The molecule has 2 amide bonds. The Morgan fingerprint density at radius 1 is 1.27 bits per heavy atom. The number of aromatic amines is 1. The van der Waals surface area contributed by atoms with E-state index in [2.05, 4.69) is 48.3 Å². The average molecular weight is 308 g/mol. The van der Waals surface area contributed by atoms with Gasteiger partial charge in [0.05, 0.1) is 6.33 Å². The van der Waals surface area contributed by atoms with Gasteiger partial charge < -0.3 is 15.6 Å². The van der Waals surface area contributed by atoms with Crippen molar-refractivity contribution in [3.63, 3.8) is 0 Å². The molecule has 3 N–H and O–H groups in total. The minimum Gasteiger partial charge on any atom is -0.352 e. The van der Waals surface area contributed by atoms with Gasteiger partial charge in [0.15, 0.2) is 0 Å².